The van der Waals surface area contributed by atoms with Crippen molar-refractivity contribution in [1.82, 2.24) is 9.88 Å². The maximum absolute atomic E-state index is 12.8. The Labute approximate surface area is 173 Å². The van der Waals surface area contributed by atoms with Gasteiger partial charge in [0.2, 0.25) is 0 Å². The van der Waals surface area contributed by atoms with Crippen molar-refractivity contribution in [3.8, 4) is 0 Å². The first kappa shape index (κ1) is 22.2. The molecule has 0 spiro atoms. The molecule has 1 heterocycles. The molecule has 2 rings (SSSR count). The Morgan fingerprint density at radius 2 is 2.04 bits per heavy atom. The molecular weight excluding hydrogens is 398 g/mol. The molecule has 0 aliphatic rings. The molecule has 2 amide bonds. The lowest BCUT2D eigenvalue weighted by Crippen LogP contribution is -2.35. The molecule has 0 atom stereocenters. The number of aromatic nitrogens is 1. The summed E-state index contributed by atoms with van der Waals surface area (Å²) >= 11 is 2.98. The fourth-order valence-electron chi connectivity index (χ4n) is 2.37. The van der Waals surface area contributed by atoms with Crippen LogP contribution >= 0.6 is 23.1 Å². The van der Waals surface area contributed by atoms with Crippen molar-refractivity contribution in [1.29, 1.82) is 0 Å². The number of carbonyl (C=O) groups is 2. The van der Waals surface area contributed by atoms with Gasteiger partial charge in [0.1, 0.15) is 5.01 Å². The number of urea groups is 1. The molecule has 152 valence electrons. The zero-order valence-corrected chi connectivity index (χ0v) is 17.9. The number of benzene rings is 1. The van der Waals surface area contributed by atoms with Crippen LogP contribution in [0.2, 0.25) is 0 Å². The van der Waals surface area contributed by atoms with E-state index >= 15 is 0 Å². The smallest absolute Gasteiger partial charge is 0.357 e. The summed E-state index contributed by atoms with van der Waals surface area (Å²) in [6.07, 6.45) is 2.70. The van der Waals surface area contributed by atoms with Crippen LogP contribution in [0.3, 0.4) is 0 Å². The van der Waals surface area contributed by atoms with Gasteiger partial charge in [-0.05, 0) is 43.9 Å². The Morgan fingerprint density at radius 1 is 1.29 bits per heavy atom. The van der Waals surface area contributed by atoms with Crippen molar-refractivity contribution in [3.05, 3.63) is 40.3 Å². The number of anilines is 1. The highest BCUT2D eigenvalue weighted by Gasteiger charge is 2.18. The van der Waals surface area contributed by atoms with E-state index in [4.69, 9.17) is 9.47 Å². The molecule has 1 aromatic carbocycles. The van der Waals surface area contributed by atoms with E-state index in [2.05, 4.69) is 10.3 Å². The van der Waals surface area contributed by atoms with Gasteiger partial charge < -0.3 is 19.7 Å². The van der Waals surface area contributed by atoms with Gasteiger partial charge in [-0.2, -0.15) is 0 Å². The molecule has 1 aromatic heterocycles. The van der Waals surface area contributed by atoms with E-state index in [0.29, 0.717) is 37.7 Å². The van der Waals surface area contributed by atoms with E-state index in [1.165, 1.54) is 11.3 Å². The van der Waals surface area contributed by atoms with Crippen LogP contribution in [0.25, 0.3) is 0 Å². The molecule has 0 saturated carbocycles. The van der Waals surface area contributed by atoms with Gasteiger partial charge in [-0.1, -0.05) is 0 Å². The van der Waals surface area contributed by atoms with Crippen LogP contribution in [0.4, 0.5) is 10.5 Å². The number of nitrogens with one attached hydrogen (secondary N) is 1. The minimum absolute atomic E-state index is 0.221. The maximum atomic E-state index is 12.8. The summed E-state index contributed by atoms with van der Waals surface area (Å²) in [5, 5.41) is 5.24. The molecule has 0 aliphatic heterocycles. The maximum Gasteiger partial charge on any atom is 0.357 e. The molecule has 0 radical (unpaired) electrons. The van der Waals surface area contributed by atoms with Gasteiger partial charge >= 0.3 is 12.0 Å². The molecule has 0 unspecified atom stereocenters. The molecule has 1 N–H and O–H groups in total. The molecule has 0 fully saturated rings. The van der Waals surface area contributed by atoms with E-state index in [1.807, 2.05) is 30.5 Å². The highest BCUT2D eigenvalue weighted by Crippen LogP contribution is 2.19. The standard InChI is InChI=1S/C19H25N3O4S2/c1-4-26-18(23)16-13-28-17(21-16)12-22(10-5-11-25-2)19(24)20-14-6-8-15(27-3)9-7-14/h6-9,13H,4-5,10-12H2,1-3H3,(H,20,24). The van der Waals surface area contributed by atoms with E-state index in [1.54, 1.807) is 36.1 Å². The fourth-order valence-corrected chi connectivity index (χ4v) is 3.56. The summed E-state index contributed by atoms with van der Waals surface area (Å²) in [6, 6.07) is 7.45. The van der Waals surface area contributed by atoms with Gasteiger partial charge in [-0.15, -0.1) is 23.1 Å². The van der Waals surface area contributed by atoms with Crippen molar-refractivity contribution in [2.45, 2.75) is 24.8 Å². The number of methoxy groups -OCH3 is 1. The van der Waals surface area contributed by atoms with Gasteiger partial charge in [0, 0.05) is 36.2 Å². The van der Waals surface area contributed by atoms with E-state index in [9.17, 15) is 9.59 Å². The second-order valence-corrected chi connectivity index (χ2v) is 7.60. The molecule has 9 heteroatoms. The number of rotatable bonds is 10. The summed E-state index contributed by atoms with van der Waals surface area (Å²) in [4.78, 5) is 31.6. The van der Waals surface area contributed by atoms with E-state index in [0.717, 1.165) is 10.6 Å². The SMILES string of the molecule is CCOC(=O)c1csc(CN(CCCOC)C(=O)Nc2ccc(SC)cc2)n1. The molecule has 7 nitrogen and oxygen atoms in total. The first-order valence-electron chi connectivity index (χ1n) is 8.87. The van der Waals surface area contributed by atoms with Crippen LogP contribution in [0, 0.1) is 0 Å². The number of esters is 1. The Hall–Kier alpha value is -2.10. The highest BCUT2D eigenvalue weighted by atomic mass is 32.2. The molecule has 2 aromatic rings. The van der Waals surface area contributed by atoms with E-state index < -0.39 is 5.97 Å². The first-order valence-corrected chi connectivity index (χ1v) is 11.0. The molecule has 28 heavy (non-hydrogen) atoms. The number of nitrogens with zero attached hydrogens (tertiary/aromatic N) is 2. The lowest BCUT2D eigenvalue weighted by molar-refractivity contribution is 0.0520. The normalized spacial score (nSPS) is 10.5. The minimum atomic E-state index is -0.450. The summed E-state index contributed by atoms with van der Waals surface area (Å²) in [5.41, 5.74) is 0.998. The summed E-state index contributed by atoms with van der Waals surface area (Å²) < 4.78 is 10.1. The van der Waals surface area contributed by atoms with Crippen LogP contribution in [-0.2, 0) is 16.0 Å². The summed E-state index contributed by atoms with van der Waals surface area (Å²) in [5.74, 6) is -0.450. The lowest BCUT2D eigenvalue weighted by Gasteiger charge is -2.22. The zero-order valence-electron chi connectivity index (χ0n) is 16.3. The highest BCUT2D eigenvalue weighted by molar-refractivity contribution is 7.98. The minimum Gasteiger partial charge on any atom is -0.461 e. The topological polar surface area (TPSA) is 80.8 Å². The predicted octanol–water partition coefficient (Wildman–Crippen LogP) is 4.11. The zero-order chi connectivity index (χ0) is 20.4. The van der Waals surface area contributed by atoms with Crippen molar-refractivity contribution in [3.63, 3.8) is 0 Å². The first-order chi connectivity index (χ1) is 13.6. The van der Waals surface area contributed by atoms with Gasteiger partial charge in [0.15, 0.2) is 5.69 Å². The van der Waals surface area contributed by atoms with Gasteiger partial charge in [0.25, 0.3) is 0 Å². The number of ether oxygens (including phenoxy) is 2. The Bertz CT molecular complexity index is 765. The molecule has 0 saturated heterocycles. The van der Waals surface area contributed by atoms with Crippen molar-refractivity contribution in [2.24, 2.45) is 0 Å². The summed E-state index contributed by atoms with van der Waals surface area (Å²) in [6.45, 7) is 3.42. The molecule has 0 aliphatic carbocycles. The third kappa shape index (κ3) is 6.81. The number of carbonyl (C=O) groups excluding carboxylic acids is 2. The van der Waals surface area contributed by atoms with Crippen LogP contribution in [-0.4, -0.2) is 55.0 Å². The Balaban J connectivity index is 2.05. The number of thiazole rings is 1. The van der Waals surface area contributed by atoms with Crippen molar-refractivity contribution < 1.29 is 19.1 Å². The summed E-state index contributed by atoms with van der Waals surface area (Å²) in [7, 11) is 1.63. The average molecular weight is 424 g/mol. The quantitative estimate of drug-likeness (QED) is 0.352. The molecule has 0 bridgehead atoms. The van der Waals surface area contributed by atoms with Crippen LogP contribution in [0.1, 0.15) is 28.8 Å². The second-order valence-electron chi connectivity index (χ2n) is 5.77. The van der Waals surface area contributed by atoms with Crippen LogP contribution < -0.4 is 5.32 Å². The monoisotopic (exact) mass is 423 g/mol. The van der Waals surface area contributed by atoms with Crippen molar-refractivity contribution in [2.75, 3.05) is 38.4 Å². The predicted molar refractivity (Wildman–Crippen MR) is 112 cm³/mol. The number of amides is 2. The van der Waals surface area contributed by atoms with Crippen LogP contribution in [0.5, 0.6) is 0 Å². The van der Waals surface area contributed by atoms with Gasteiger partial charge in [-0.25, -0.2) is 14.6 Å². The van der Waals surface area contributed by atoms with Gasteiger partial charge in [-0.3, -0.25) is 0 Å². The third-order valence-corrected chi connectivity index (χ3v) is 5.34. The van der Waals surface area contributed by atoms with Crippen LogP contribution in [0.15, 0.2) is 34.5 Å². The lowest BCUT2D eigenvalue weighted by atomic mass is 10.3. The Kier molecular flexibility index (Phi) is 9.26. The average Bonchev–Trinajstić information content (AvgIpc) is 3.17. The van der Waals surface area contributed by atoms with Crippen molar-refractivity contribution >= 4 is 40.8 Å². The Morgan fingerprint density at radius 3 is 2.68 bits per heavy atom. The number of thioether (sulfide) groups is 1. The molecular formula is C19H25N3O4S2. The van der Waals surface area contributed by atoms with Gasteiger partial charge in [0.05, 0.1) is 13.2 Å². The fraction of sp³-hybridized carbons (Fsp3) is 0.421. The van der Waals surface area contributed by atoms with E-state index in [-0.39, 0.29) is 11.7 Å². The number of hydrogen-bond acceptors (Lipinski definition) is 7. The second kappa shape index (κ2) is 11.7. The number of hydrogen-bond donors (Lipinski definition) is 1. The third-order valence-electron chi connectivity index (χ3n) is 3.77. The largest absolute Gasteiger partial charge is 0.461 e.